The van der Waals surface area contributed by atoms with E-state index in [1.54, 1.807) is 11.3 Å². The molecule has 0 unspecified atom stereocenters. The van der Waals surface area contributed by atoms with Crippen molar-refractivity contribution in [2.45, 2.75) is 44.4 Å². The van der Waals surface area contributed by atoms with Crippen molar-refractivity contribution in [3.05, 3.63) is 22.4 Å². The summed E-state index contributed by atoms with van der Waals surface area (Å²) < 4.78 is 0. The van der Waals surface area contributed by atoms with Crippen LogP contribution in [0.3, 0.4) is 0 Å². The summed E-state index contributed by atoms with van der Waals surface area (Å²) in [7, 11) is 0. The quantitative estimate of drug-likeness (QED) is 0.797. The molecule has 1 amide bonds. The van der Waals surface area contributed by atoms with Gasteiger partial charge in [-0.25, -0.2) is 0 Å². The van der Waals surface area contributed by atoms with Crippen LogP contribution in [0.15, 0.2) is 16.8 Å². The molecule has 1 aliphatic carbocycles. The fourth-order valence-corrected chi connectivity index (χ4v) is 4.11. The van der Waals surface area contributed by atoms with Crippen molar-refractivity contribution < 1.29 is 4.79 Å². The first-order chi connectivity index (χ1) is 8.84. The molecule has 18 heavy (non-hydrogen) atoms. The number of rotatable bonds is 2. The first kappa shape index (κ1) is 12.2. The van der Waals surface area contributed by atoms with Crippen LogP contribution in [0.1, 0.15) is 50.0 Å². The second kappa shape index (κ2) is 5.43. The molecule has 0 aromatic carbocycles. The zero-order chi connectivity index (χ0) is 12.4. The van der Waals surface area contributed by atoms with Crippen LogP contribution >= 0.6 is 11.3 Å². The topological polar surface area (TPSA) is 20.3 Å². The molecule has 2 heterocycles. The van der Waals surface area contributed by atoms with Crippen LogP contribution in [0.5, 0.6) is 0 Å². The SMILES string of the molecule is O=C(C1CCCC1)N1CCC(c2ccsc2)CC1. The van der Waals surface area contributed by atoms with E-state index in [-0.39, 0.29) is 0 Å². The minimum absolute atomic E-state index is 0.350. The molecule has 2 aliphatic rings. The molecule has 0 spiro atoms. The molecule has 98 valence electrons. The first-order valence-corrected chi connectivity index (χ1v) is 8.10. The fraction of sp³-hybridized carbons (Fsp3) is 0.667. The number of carbonyl (C=O) groups excluding carboxylic acids is 1. The maximum Gasteiger partial charge on any atom is 0.225 e. The maximum atomic E-state index is 12.3. The molecule has 1 saturated carbocycles. The van der Waals surface area contributed by atoms with Crippen LogP contribution in [0.4, 0.5) is 0 Å². The Kier molecular flexibility index (Phi) is 3.69. The molecule has 1 aromatic rings. The molecule has 0 atom stereocenters. The monoisotopic (exact) mass is 263 g/mol. The van der Waals surface area contributed by atoms with Crippen molar-refractivity contribution in [3.8, 4) is 0 Å². The highest BCUT2D eigenvalue weighted by Crippen LogP contribution is 2.32. The van der Waals surface area contributed by atoms with Gasteiger partial charge in [0.2, 0.25) is 5.91 Å². The highest BCUT2D eigenvalue weighted by molar-refractivity contribution is 7.07. The summed E-state index contributed by atoms with van der Waals surface area (Å²) in [6.45, 7) is 1.94. The van der Waals surface area contributed by atoms with E-state index in [4.69, 9.17) is 0 Å². The van der Waals surface area contributed by atoms with E-state index in [1.807, 2.05) is 0 Å². The van der Waals surface area contributed by atoms with Gasteiger partial charge < -0.3 is 4.90 Å². The molecule has 2 nitrogen and oxygen atoms in total. The van der Waals surface area contributed by atoms with Gasteiger partial charge in [-0.3, -0.25) is 4.79 Å². The zero-order valence-corrected chi connectivity index (χ0v) is 11.6. The predicted octanol–water partition coefficient (Wildman–Crippen LogP) is 3.64. The summed E-state index contributed by atoms with van der Waals surface area (Å²) in [5.41, 5.74) is 1.48. The molecule has 3 heteroatoms. The molecule has 2 fully saturated rings. The number of nitrogens with zero attached hydrogens (tertiary/aromatic N) is 1. The largest absolute Gasteiger partial charge is 0.342 e. The summed E-state index contributed by atoms with van der Waals surface area (Å²) in [6.07, 6.45) is 7.06. The molecular weight excluding hydrogens is 242 g/mol. The van der Waals surface area contributed by atoms with Crippen LogP contribution in [0.2, 0.25) is 0 Å². The van der Waals surface area contributed by atoms with E-state index in [0.717, 1.165) is 38.8 Å². The van der Waals surface area contributed by atoms with Crippen LogP contribution in [-0.4, -0.2) is 23.9 Å². The van der Waals surface area contributed by atoms with Crippen molar-refractivity contribution >= 4 is 17.2 Å². The molecule has 3 rings (SSSR count). The average molecular weight is 263 g/mol. The number of hydrogen-bond acceptors (Lipinski definition) is 2. The van der Waals surface area contributed by atoms with Crippen LogP contribution in [-0.2, 0) is 4.79 Å². The average Bonchev–Trinajstić information content (AvgIpc) is 3.11. The van der Waals surface area contributed by atoms with Crippen molar-refractivity contribution in [1.29, 1.82) is 0 Å². The lowest BCUT2D eigenvalue weighted by Gasteiger charge is -2.33. The van der Waals surface area contributed by atoms with Gasteiger partial charge in [0.05, 0.1) is 0 Å². The minimum atomic E-state index is 0.350. The van der Waals surface area contributed by atoms with Gasteiger partial charge in [-0.05, 0) is 54.0 Å². The smallest absolute Gasteiger partial charge is 0.225 e. The molecule has 1 aromatic heterocycles. The van der Waals surface area contributed by atoms with E-state index in [2.05, 4.69) is 21.7 Å². The number of hydrogen-bond donors (Lipinski definition) is 0. The second-order valence-corrected chi connectivity index (χ2v) is 6.42. The van der Waals surface area contributed by atoms with Crippen molar-refractivity contribution in [2.75, 3.05) is 13.1 Å². The van der Waals surface area contributed by atoms with Gasteiger partial charge in [-0.2, -0.15) is 11.3 Å². The van der Waals surface area contributed by atoms with Gasteiger partial charge in [0.1, 0.15) is 0 Å². The number of amides is 1. The van der Waals surface area contributed by atoms with Crippen molar-refractivity contribution in [2.24, 2.45) is 5.92 Å². The summed E-state index contributed by atoms with van der Waals surface area (Å²) in [4.78, 5) is 14.4. The third-order valence-corrected chi connectivity index (χ3v) is 5.23. The van der Waals surface area contributed by atoms with Gasteiger partial charge in [0.25, 0.3) is 0 Å². The Labute approximate surface area is 113 Å². The highest BCUT2D eigenvalue weighted by atomic mass is 32.1. The Morgan fingerprint density at radius 2 is 1.89 bits per heavy atom. The number of piperidine rings is 1. The van der Waals surface area contributed by atoms with Crippen molar-refractivity contribution in [3.63, 3.8) is 0 Å². The van der Waals surface area contributed by atoms with Crippen LogP contribution in [0.25, 0.3) is 0 Å². The van der Waals surface area contributed by atoms with E-state index in [1.165, 1.54) is 18.4 Å². The van der Waals surface area contributed by atoms with Crippen LogP contribution < -0.4 is 0 Å². The molecule has 0 N–H and O–H groups in total. The standard InChI is InChI=1S/C15H21NOS/c17-15(13-3-1-2-4-13)16-8-5-12(6-9-16)14-7-10-18-11-14/h7,10-13H,1-6,8-9H2. The Morgan fingerprint density at radius 1 is 1.17 bits per heavy atom. The van der Waals surface area contributed by atoms with E-state index in [9.17, 15) is 4.79 Å². The van der Waals surface area contributed by atoms with Gasteiger partial charge in [0, 0.05) is 19.0 Å². The van der Waals surface area contributed by atoms with E-state index in [0.29, 0.717) is 17.7 Å². The molecule has 0 radical (unpaired) electrons. The number of likely N-dealkylation sites (tertiary alicyclic amines) is 1. The predicted molar refractivity (Wildman–Crippen MR) is 74.8 cm³/mol. The Balaban J connectivity index is 1.55. The van der Waals surface area contributed by atoms with Gasteiger partial charge in [-0.1, -0.05) is 12.8 Å². The van der Waals surface area contributed by atoms with Gasteiger partial charge in [0.15, 0.2) is 0 Å². The summed E-state index contributed by atoms with van der Waals surface area (Å²) in [6, 6.07) is 2.24. The normalized spacial score (nSPS) is 22.6. The lowest BCUT2D eigenvalue weighted by molar-refractivity contribution is -0.136. The Morgan fingerprint density at radius 3 is 2.50 bits per heavy atom. The summed E-state index contributed by atoms with van der Waals surface area (Å²) in [5, 5.41) is 4.42. The molecule has 1 saturated heterocycles. The van der Waals surface area contributed by atoms with Crippen LogP contribution in [0, 0.1) is 5.92 Å². The minimum Gasteiger partial charge on any atom is -0.342 e. The van der Waals surface area contributed by atoms with E-state index < -0.39 is 0 Å². The van der Waals surface area contributed by atoms with E-state index >= 15 is 0 Å². The lowest BCUT2D eigenvalue weighted by atomic mass is 9.90. The van der Waals surface area contributed by atoms with Gasteiger partial charge in [-0.15, -0.1) is 0 Å². The Bertz CT molecular complexity index is 387. The lowest BCUT2D eigenvalue weighted by Crippen LogP contribution is -2.40. The second-order valence-electron chi connectivity index (χ2n) is 5.64. The van der Waals surface area contributed by atoms with Gasteiger partial charge >= 0.3 is 0 Å². The molecular formula is C15H21NOS. The Hall–Kier alpha value is -0.830. The highest BCUT2D eigenvalue weighted by Gasteiger charge is 2.30. The summed E-state index contributed by atoms with van der Waals surface area (Å²) >= 11 is 1.78. The first-order valence-electron chi connectivity index (χ1n) is 7.15. The fourth-order valence-electron chi connectivity index (χ4n) is 3.37. The number of thiophene rings is 1. The summed E-state index contributed by atoms with van der Waals surface area (Å²) in [5.74, 6) is 1.47. The zero-order valence-electron chi connectivity index (χ0n) is 10.8. The third kappa shape index (κ3) is 2.46. The molecule has 1 aliphatic heterocycles. The molecule has 0 bridgehead atoms. The number of carbonyl (C=O) groups is 1. The maximum absolute atomic E-state index is 12.3. The third-order valence-electron chi connectivity index (χ3n) is 4.53. The van der Waals surface area contributed by atoms with Crippen molar-refractivity contribution in [1.82, 2.24) is 4.90 Å².